The first kappa shape index (κ1) is 16.8. The second-order valence-electron chi connectivity index (χ2n) is 6.26. The molecule has 3 aromatic rings. The van der Waals surface area contributed by atoms with Crippen molar-refractivity contribution in [3.05, 3.63) is 94.8 Å². The fourth-order valence-corrected chi connectivity index (χ4v) is 3.40. The van der Waals surface area contributed by atoms with Crippen molar-refractivity contribution in [3.8, 4) is 5.75 Å². The number of pyridine rings is 1. The third-order valence-electron chi connectivity index (χ3n) is 4.51. The van der Waals surface area contributed by atoms with E-state index in [-0.39, 0.29) is 18.0 Å². The molecule has 0 saturated heterocycles. The minimum absolute atomic E-state index is 0.105. The third-order valence-corrected chi connectivity index (χ3v) is 4.75. The molecule has 1 aliphatic rings. The summed E-state index contributed by atoms with van der Waals surface area (Å²) in [5, 5.41) is 14.5. The molecular weight excluding hydrogens is 346 g/mol. The summed E-state index contributed by atoms with van der Waals surface area (Å²) >= 11 is 6.16. The number of hydrogen-bond donors (Lipinski definition) is 2. The van der Waals surface area contributed by atoms with Gasteiger partial charge in [-0.05, 0) is 29.8 Å². The maximum atomic E-state index is 10.4. The lowest BCUT2D eigenvalue weighted by molar-refractivity contribution is 0.412. The normalized spacial score (nSPS) is 19.8. The van der Waals surface area contributed by atoms with Gasteiger partial charge in [-0.25, -0.2) is 0 Å². The number of phenolic OH excluding ortho intramolecular Hbond substituents is 1. The Balaban J connectivity index is 1.76. The van der Waals surface area contributed by atoms with Crippen LogP contribution in [0.1, 0.15) is 35.3 Å². The van der Waals surface area contributed by atoms with Crippen LogP contribution < -0.4 is 5.32 Å². The van der Waals surface area contributed by atoms with Gasteiger partial charge in [0.2, 0.25) is 0 Å². The largest absolute Gasteiger partial charge is 0.508 e. The summed E-state index contributed by atoms with van der Waals surface area (Å²) < 4.78 is 0. The zero-order valence-corrected chi connectivity index (χ0v) is 14.8. The molecule has 130 valence electrons. The van der Waals surface area contributed by atoms with E-state index in [1.807, 2.05) is 42.6 Å². The Hall–Kier alpha value is -2.69. The SMILES string of the molecule is Oc1ccc(Cl)cc1C1CC(c2ccccc2)=NC(c2cccnc2)N1. The van der Waals surface area contributed by atoms with Crippen molar-refractivity contribution in [1.29, 1.82) is 0 Å². The highest BCUT2D eigenvalue weighted by Crippen LogP contribution is 2.35. The summed E-state index contributed by atoms with van der Waals surface area (Å²) in [6.07, 6.45) is 3.98. The van der Waals surface area contributed by atoms with E-state index in [9.17, 15) is 5.11 Å². The van der Waals surface area contributed by atoms with Gasteiger partial charge in [0.05, 0.1) is 0 Å². The van der Waals surface area contributed by atoms with Gasteiger partial charge < -0.3 is 5.11 Å². The molecule has 5 heteroatoms. The van der Waals surface area contributed by atoms with Crippen LogP contribution in [0.2, 0.25) is 5.02 Å². The van der Waals surface area contributed by atoms with Gasteiger partial charge in [0.1, 0.15) is 11.9 Å². The Labute approximate surface area is 157 Å². The monoisotopic (exact) mass is 363 g/mol. The van der Waals surface area contributed by atoms with Gasteiger partial charge in [0.15, 0.2) is 0 Å². The van der Waals surface area contributed by atoms with Crippen molar-refractivity contribution < 1.29 is 5.11 Å². The van der Waals surface area contributed by atoms with Crippen molar-refractivity contribution in [1.82, 2.24) is 10.3 Å². The molecule has 0 amide bonds. The summed E-state index contributed by atoms with van der Waals surface area (Å²) in [7, 11) is 0. The van der Waals surface area contributed by atoms with Crippen molar-refractivity contribution in [2.75, 3.05) is 0 Å². The molecule has 4 nitrogen and oxygen atoms in total. The summed E-state index contributed by atoms with van der Waals surface area (Å²) in [6, 6.07) is 19.0. The van der Waals surface area contributed by atoms with Crippen molar-refractivity contribution in [3.63, 3.8) is 0 Å². The first-order valence-corrected chi connectivity index (χ1v) is 8.85. The summed E-state index contributed by atoms with van der Waals surface area (Å²) in [5.41, 5.74) is 3.82. The van der Waals surface area contributed by atoms with Crippen molar-refractivity contribution in [2.45, 2.75) is 18.6 Å². The number of halogens is 1. The maximum Gasteiger partial charge on any atom is 0.127 e. The van der Waals surface area contributed by atoms with Gasteiger partial charge in [-0.2, -0.15) is 0 Å². The predicted molar refractivity (Wildman–Crippen MR) is 104 cm³/mol. The van der Waals surface area contributed by atoms with E-state index in [1.54, 1.807) is 18.3 Å². The van der Waals surface area contributed by atoms with Crippen LogP contribution >= 0.6 is 11.6 Å². The Morgan fingerprint density at radius 3 is 2.65 bits per heavy atom. The van der Waals surface area contributed by atoms with Crippen LogP contribution in [0.25, 0.3) is 0 Å². The number of aromatic hydroxyl groups is 1. The molecule has 2 heterocycles. The van der Waals surface area contributed by atoms with E-state index in [1.165, 1.54) is 0 Å². The van der Waals surface area contributed by atoms with Crippen LogP contribution in [-0.2, 0) is 0 Å². The van der Waals surface area contributed by atoms with Gasteiger partial charge in [-0.1, -0.05) is 48.0 Å². The first-order chi connectivity index (χ1) is 12.7. The van der Waals surface area contributed by atoms with Crippen LogP contribution in [0.5, 0.6) is 5.75 Å². The molecule has 0 radical (unpaired) electrons. The van der Waals surface area contributed by atoms with Gasteiger partial charge in [0, 0.05) is 46.7 Å². The minimum Gasteiger partial charge on any atom is -0.508 e. The smallest absolute Gasteiger partial charge is 0.127 e. The molecule has 0 bridgehead atoms. The Morgan fingerprint density at radius 2 is 1.88 bits per heavy atom. The highest BCUT2D eigenvalue weighted by molar-refractivity contribution is 6.30. The molecule has 1 aliphatic heterocycles. The first-order valence-electron chi connectivity index (χ1n) is 8.47. The molecule has 26 heavy (non-hydrogen) atoms. The molecule has 0 saturated carbocycles. The van der Waals surface area contributed by atoms with Crippen molar-refractivity contribution >= 4 is 17.3 Å². The molecule has 1 aromatic heterocycles. The van der Waals surface area contributed by atoms with Crippen LogP contribution in [0.3, 0.4) is 0 Å². The molecular formula is C21H18ClN3O. The van der Waals surface area contributed by atoms with E-state index >= 15 is 0 Å². The molecule has 2 unspecified atom stereocenters. The number of aromatic nitrogens is 1. The molecule has 0 fully saturated rings. The lowest BCUT2D eigenvalue weighted by Crippen LogP contribution is -2.33. The number of benzene rings is 2. The minimum atomic E-state index is -0.240. The van der Waals surface area contributed by atoms with Crippen LogP contribution in [0, 0.1) is 0 Å². The summed E-state index contributed by atoms with van der Waals surface area (Å²) in [6.45, 7) is 0. The Kier molecular flexibility index (Phi) is 4.69. The summed E-state index contributed by atoms with van der Waals surface area (Å²) in [5.74, 6) is 0.228. The zero-order chi connectivity index (χ0) is 17.9. The number of aliphatic imine (C=N–C) groups is 1. The molecule has 4 rings (SSSR count). The quantitative estimate of drug-likeness (QED) is 0.711. The molecule has 2 aromatic carbocycles. The third kappa shape index (κ3) is 3.47. The van der Waals surface area contributed by atoms with E-state index in [2.05, 4.69) is 22.4 Å². The number of hydrogen-bond acceptors (Lipinski definition) is 4. The van der Waals surface area contributed by atoms with Crippen molar-refractivity contribution in [2.24, 2.45) is 4.99 Å². The number of rotatable bonds is 3. The predicted octanol–water partition coefficient (Wildman–Crippen LogP) is 4.66. The zero-order valence-electron chi connectivity index (χ0n) is 14.0. The summed E-state index contributed by atoms with van der Waals surface area (Å²) in [4.78, 5) is 9.11. The highest BCUT2D eigenvalue weighted by Gasteiger charge is 2.27. The number of phenols is 1. The molecule has 2 N–H and O–H groups in total. The van der Waals surface area contributed by atoms with Gasteiger partial charge in [-0.15, -0.1) is 0 Å². The molecule has 0 spiro atoms. The van der Waals surface area contributed by atoms with E-state index in [4.69, 9.17) is 16.6 Å². The second kappa shape index (κ2) is 7.28. The second-order valence-corrected chi connectivity index (χ2v) is 6.69. The number of nitrogens with zero attached hydrogens (tertiary/aromatic N) is 2. The topological polar surface area (TPSA) is 57.5 Å². The standard InChI is InChI=1S/C21H18ClN3O/c22-16-8-9-20(26)17(11-16)19-12-18(14-5-2-1-3-6-14)24-21(25-19)15-7-4-10-23-13-15/h1-11,13,19,21,25-26H,12H2. The number of nitrogens with one attached hydrogen (secondary N) is 1. The van der Waals surface area contributed by atoms with E-state index < -0.39 is 0 Å². The average Bonchev–Trinajstić information content (AvgIpc) is 2.71. The lowest BCUT2D eigenvalue weighted by Gasteiger charge is -2.30. The fraction of sp³-hybridized carbons (Fsp3) is 0.143. The molecule has 2 atom stereocenters. The Bertz CT molecular complexity index is 929. The van der Waals surface area contributed by atoms with Gasteiger partial charge in [-0.3, -0.25) is 15.3 Å². The van der Waals surface area contributed by atoms with Gasteiger partial charge >= 0.3 is 0 Å². The van der Waals surface area contributed by atoms with Crippen LogP contribution in [0.4, 0.5) is 0 Å². The Morgan fingerprint density at radius 1 is 1.04 bits per heavy atom. The average molecular weight is 364 g/mol. The highest BCUT2D eigenvalue weighted by atomic mass is 35.5. The van der Waals surface area contributed by atoms with Crippen LogP contribution in [-0.4, -0.2) is 15.8 Å². The lowest BCUT2D eigenvalue weighted by atomic mass is 9.93. The van der Waals surface area contributed by atoms with Crippen LogP contribution in [0.15, 0.2) is 78.0 Å². The van der Waals surface area contributed by atoms with Gasteiger partial charge in [0.25, 0.3) is 0 Å². The fourth-order valence-electron chi connectivity index (χ4n) is 3.22. The van der Waals surface area contributed by atoms with E-state index in [0.29, 0.717) is 11.4 Å². The maximum absolute atomic E-state index is 10.4. The molecule has 0 aliphatic carbocycles. The van der Waals surface area contributed by atoms with E-state index in [0.717, 1.165) is 22.4 Å².